The monoisotopic (exact) mass is 336 g/mol. The van der Waals surface area contributed by atoms with E-state index < -0.39 is 0 Å². The lowest BCUT2D eigenvalue weighted by molar-refractivity contribution is 0.170. The number of nitriles is 1. The first-order chi connectivity index (χ1) is 12.2. The third-order valence-corrected chi connectivity index (χ3v) is 5.07. The number of likely N-dealkylation sites (N-methyl/N-ethyl adjacent to an activating group) is 1. The molecule has 4 rings (SSSR count). The summed E-state index contributed by atoms with van der Waals surface area (Å²) in [7, 11) is 3.71. The Morgan fingerprint density at radius 3 is 2.80 bits per heavy atom. The number of benzene rings is 2. The Kier molecular flexibility index (Phi) is 3.98. The molecule has 0 unspecified atom stereocenters. The fraction of sp³-hybridized carbons (Fsp3) is 0.350. The standard InChI is InChI=1S/C20H20N2O3/c1-22-9-8-14-10-16-19(25-12-24-16)20(23-2)17(14)18(22)15(11-21)13-6-4-3-5-7-13/h3-7,10,15,18H,8-9,12H2,1-2H3/t15-,18-/m1/s1. The van der Waals surface area contributed by atoms with Gasteiger partial charge in [-0.05, 0) is 30.7 Å². The third-order valence-electron chi connectivity index (χ3n) is 5.07. The molecule has 2 aromatic rings. The van der Waals surface area contributed by atoms with Gasteiger partial charge in [0.1, 0.15) is 0 Å². The molecule has 0 bridgehead atoms. The van der Waals surface area contributed by atoms with Gasteiger partial charge in [0.25, 0.3) is 0 Å². The van der Waals surface area contributed by atoms with Gasteiger partial charge in [-0.15, -0.1) is 0 Å². The average Bonchev–Trinajstić information content (AvgIpc) is 3.11. The molecular formula is C20H20N2O3. The normalized spacial score (nSPS) is 19.8. The van der Waals surface area contributed by atoms with E-state index in [1.54, 1.807) is 7.11 Å². The minimum Gasteiger partial charge on any atom is -0.492 e. The van der Waals surface area contributed by atoms with Crippen molar-refractivity contribution in [1.82, 2.24) is 4.90 Å². The van der Waals surface area contributed by atoms with Gasteiger partial charge < -0.3 is 14.2 Å². The van der Waals surface area contributed by atoms with E-state index in [1.807, 2.05) is 36.4 Å². The summed E-state index contributed by atoms with van der Waals surface area (Å²) in [6.45, 7) is 1.08. The van der Waals surface area contributed by atoms with Gasteiger partial charge >= 0.3 is 0 Å². The lowest BCUT2D eigenvalue weighted by atomic mass is 9.81. The number of nitrogens with zero attached hydrogens (tertiary/aromatic N) is 2. The number of ether oxygens (including phenoxy) is 3. The highest BCUT2D eigenvalue weighted by Crippen LogP contribution is 2.52. The van der Waals surface area contributed by atoms with Crippen molar-refractivity contribution in [2.24, 2.45) is 0 Å². The minimum absolute atomic E-state index is 0.0967. The molecule has 5 nitrogen and oxygen atoms in total. The van der Waals surface area contributed by atoms with Crippen molar-refractivity contribution < 1.29 is 14.2 Å². The highest BCUT2D eigenvalue weighted by Gasteiger charge is 2.38. The van der Waals surface area contributed by atoms with Gasteiger partial charge in [-0.25, -0.2) is 0 Å². The van der Waals surface area contributed by atoms with Gasteiger partial charge in [0, 0.05) is 12.1 Å². The van der Waals surface area contributed by atoms with Gasteiger partial charge in [0.05, 0.1) is 25.1 Å². The van der Waals surface area contributed by atoms with Gasteiger partial charge in [-0.1, -0.05) is 30.3 Å². The summed E-state index contributed by atoms with van der Waals surface area (Å²) in [6, 6.07) is 14.4. The zero-order valence-corrected chi connectivity index (χ0v) is 14.4. The quantitative estimate of drug-likeness (QED) is 0.861. The molecule has 0 aromatic heterocycles. The van der Waals surface area contributed by atoms with E-state index in [0.717, 1.165) is 29.8 Å². The second kappa shape index (κ2) is 6.30. The predicted molar refractivity (Wildman–Crippen MR) is 93.0 cm³/mol. The van der Waals surface area contributed by atoms with Crippen molar-refractivity contribution in [3.05, 3.63) is 53.1 Å². The van der Waals surface area contributed by atoms with Crippen molar-refractivity contribution in [1.29, 1.82) is 5.26 Å². The second-order valence-electron chi connectivity index (χ2n) is 6.41. The van der Waals surface area contributed by atoms with Crippen molar-refractivity contribution in [2.75, 3.05) is 27.5 Å². The average molecular weight is 336 g/mol. The molecule has 2 aliphatic heterocycles. The summed E-state index contributed by atoms with van der Waals surface area (Å²) >= 11 is 0. The summed E-state index contributed by atoms with van der Waals surface area (Å²) in [5.74, 6) is 1.77. The smallest absolute Gasteiger partial charge is 0.231 e. The maximum atomic E-state index is 9.96. The first-order valence-corrected chi connectivity index (χ1v) is 8.38. The van der Waals surface area contributed by atoms with Gasteiger partial charge in [0.2, 0.25) is 12.5 Å². The Morgan fingerprint density at radius 1 is 1.28 bits per heavy atom. The van der Waals surface area contributed by atoms with Gasteiger partial charge in [-0.2, -0.15) is 5.26 Å². The molecule has 0 amide bonds. The third kappa shape index (κ3) is 2.50. The largest absolute Gasteiger partial charge is 0.492 e. The molecule has 0 aliphatic carbocycles. The summed E-state index contributed by atoms with van der Waals surface area (Å²) < 4.78 is 16.9. The topological polar surface area (TPSA) is 54.7 Å². The second-order valence-corrected chi connectivity index (χ2v) is 6.41. The van der Waals surface area contributed by atoms with E-state index in [-0.39, 0.29) is 18.8 Å². The first-order valence-electron chi connectivity index (χ1n) is 8.38. The SMILES string of the molecule is COc1c2c(cc3c1[C@@H]([C@H](C#N)c1ccccc1)N(C)CC3)OCO2. The molecule has 2 aromatic carbocycles. The molecule has 0 saturated carbocycles. The van der Waals surface area contributed by atoms with Crippen LogP contribution in [-0.2, 0) is 6.42 Å². The number of fused-ring (bicyclic) bond motifs is 2. The summed E-state index contributed by atoms with van der Waals surface area (Å²) in [5.41, 5.74) is 3.21. The lowest BCUT2D eigenvalue weighted by Crippen LogP contribution is -2.36. The van der Waals surface area contributed by atoms with Crippen molar-refractivity contribution >= 4 is 0 Å². The van der Waals surface area contributed by atoms with Crippen LogP contribution in [0.3, 0.4) is 0 Å². The van der Waals surface area contributed by atoms with Gasteiger partial charge in [-0.3, -0.25) is 4.90 Å². The first kappa shape index (κ1) is 15.8. The summed E-state index contributed by atoms with van der Waals surface area (Å²) in [4.78, 5) is 2.23. The zero-order chi connectivity index (χ0) is 17.4. The number of rotatable bonds is 3. The molecule has 0 radical (unpaired) electrons. The summed E-state index contributed by atoms with van der Waals surface area (Å²) in [5, 5.41) is 9.96. The van der Waals surface area contributed by atoms with Crippen LogP contribution in [0.15, 0.2) is 36.4 Å². The predicted octanol–water partition coefficient (Wildman–Crippen LogP) is 3.26. The van der Waals surface area contributed by atoms with Crippen LogP contribution in [0.2, 0.25) is 0 Å². The molecule has 0 spiro atoms. The molecule has 2 heterocycles. The fourth-order valence-corrected chi connectivity index (χ4v) is 3.88. The highest BCUT2D eigenvalue weighted by atomic mass is 16.7. The van der Waals surface area contributed by atoms with Crippen LogP contribution >= 0.6 is 0 Å². The molecule has 128 valence electrons. The Labute approximate surface area is 147 Å². The van der Waals surface area contributed by atoms with E-state index in [1.165, 1.54) is 5.56 Å². The number of hydrogen-bond acceptors (Lipinski definition) is 5. The molecule has 25 heavy (non-hydrogen) atoms. The Bertz CT molecular complexity index is 829. The maximum absolute atomic E-state index is 9.96. The van der Waals surface area contributed by atoms with E-state index in [0.29, 0.717) is 11.5 Å². The fourth-order valence-electron chi connectivity index (χ4n) is 3.88. The zero-order valence-electron chi connectivity index (χ0n) is 14.4. The van der Waals surface area contributed by atoms with Crippen LogP contribution in [0.1, 0.15) is 28.7 Å². The van der Waals surface area contributed by atoms with Crippen LogP contribution in [0.5, 0.6) is 17.2 Å². The van der Waals surface area contributed by atoms with Crippen LogP contribution < -0.4 is 14.2 Å². The molecule has 0 N–H and O–H groups in total. The molecule has 2 aliphatic rings. The molecular weight excluding hydrogens is 316 g/mol. The molecule has 2 atom stereocenters. The lowest BCUT2D eigenvalue weighted by Gasteiger charge is -2.38. The molecule has 0 saturated heterocycles. The van der Waals surface area contributed by atoms with Crippen LogP contribution in [0, 0.1) is 11.3 Å². The minimum atomic E-state index is -0.292. The maximum Gasteiger partial charge on any atom is 0.231 e. The number of hydrogen-bond donors (Lipinski definition) is 0. The van der Waals surface area contributed by atoms with Crippen molar-refractivity contribution in [3.63, 3.8) is 0 Å². The van der Waals surface area contributed by atoms with Gasteiger partial charge in [0.15, 0.2) is 11.5 Å². The Morgan fingerprint density at radius 2 is 2.08 bits per heavy atom. The van der Waals surface area contributed by atoms with Crippen LogP contribution in [0.25, 0.3) is 0 Å². The Hall–Kier alpha value is -2.71. The van der Waals surface area contributed by atoms with Crippen molar-refractivity contribution in [3.8, 4) is 23.3 Å². The van der Waals surface area contributed by atoms with Crippen LogP contribution in [0.4, 0.5) is 0 Å². The summed E-state index contributed by atoms with van der Waals surface area (Å²) in [6.07, 6.45) is 0.891. The number of methoxy groups -OCH3 is 1. The van der Waals surface area contributed by atoms with E-state index in [4.69, 9.17) is 14.2 Å². The van der Waals surface area contributed by atoms with Crippen LogP contribution in [-0.4, -0.2) is 32.4 Å². The van der Waals surface area contributed by atoms with E-state index in [9.17, 15) is 5.26 Å². The van der Waals surface area contributed by atoms with E-state index >= 15 is 0 Å². The molecule has 5 heteroatoms. The Balaban J connectivity index is 1.89. The van der Waals surface area contributed by atoms with E-state index in [2.05, 4.69) is 18.0 Å². The highest BCUT2D eigenvalue weighted by molar-refractivity contribution is 5.62. The molecule has 0 fully saturated rings. The van der Waals surface area contributed by atoms with Crippen molar-refractivity contribution in [2.45, 2.75) is 18.4 Å².